The van der Waals surface area contributed by atoms with Gasteiger partial charge < -0.3 is 5.73 Å². The standard InChI is InChI=1S/C23H24ClF4N3O/c24-18-8-14(7-17(10-18)23(26,27)28)12-30-3-5-31(6-4-30)13-16-9-21(25)20(22(29)32)11-19(16)15-1-2-15/h7-11,15H,1-6,12-13H2,(H2,29,32). The van der Waals surface area contributed by atoms with Gasteiger partial charge in [0, 0.05) is 44.3 Å². The number of hydrogen-bond acceptors (Lipinski definition) is 3. The van der Waals surface area contributed by atoms with Crippen LogP contribution in [0.4, 0.5) is 17.6 Å². The zero-order chi connectivity index (χ0) is 23.0. The van der Waals surface area contributed by atoms with Crippen molar-refractivity contribution in [1.82, 2.24) is 9.80 Å². The molecule has 32 heavy (non-hydrogen) atoms. The maximum atomic E-state index is 14.4. The summed E-state index contributed by atoms with van der Waals surface area (Å²) < 4.78 is 53.5. The highest BCUT2D eigenvalue weighted by molar-refractivity contribution is 6.30. The predicted octanol–water partition coefficient (Wildman–Crippen LogP) is 4.79. The van der Waals surface area contributed by atoms with Gasteiger partial charge in [0.2, 0.25) is 0 Å². The van der Waals surface area contributed by atoms with E-state index in [0.29, 0.717) is 50.7 Å². The van der Waals surface area contributed by atoms with Crippen LogP contribution in [0.2, 0.25) is 5.02 Å². The highest BCUT2D eigenvalue weighted by Crippen LogP contribution is 2.42. The summed E-state index contributed by atoms with van der Waals surface area (Å²) >= 11 is 5.89. The molecule has 0 unspecified atom stereocenters. The molecule has 0 atom stereocenters. The molecule has 0 aromatic heterocycles. The van der Waals surface area contributed by atoms with Crippen LogP contribution in [0.15, 0.2) is 30.3 Å². The van der Waals surface area contributed by atoms with Gasteiger partial charge in [-0.1, -0.05) is 11.6 Å². The predicted molar refractivity (Wildman–Crippen MR) is 114 cm³/mol. The van der Waals surface area contributed by atoms with Crippen LogP contribution in [0.5, 0.6) is 0 Å². The Kier molecular flexibility index (Phi) is 6.47. The zero-order valence-electron chi connectivity index (χ0n) is 17.4. The first-order chi connectivity index (χ1) is 15.1. The smallest absolute Gasteiger partial charge is 0.366 e. The first-order valence-electron chi connectivity index (χ1n) is 10.5. The van der Waals surface area contributed by atoms with Crippen molar-refractivity contribution in [2.45, 2.75) is 38.0 Å². The highest BCUT2D eigenvalue weighted by Gasteiger charge is 2.32. The fourth-order valence-electron chi connectivity index (χ4n) is 4.24. The van der Waals surface area contributed by atoms with Crippen molar-refractivity contribution in [3.63, 3.8) is 0 Å². The maximum Gasteiger partial charge on any atom is 0.416 e. The van der Waals surface area contributed by atoms with Gasteiger partial charge >= 0.3 is 6.18 Å². The van der Waals surface area contributed by atoms with Gasteiger partial charge in [0.15, 0.2) is 0 Å². The molecular weight excluding hydrogens is 446 g/mol. The fraction of sp³-hybridized carbons (Fsp3) is 0.435. The lowest BCUT2D eigenvalue weighted by Gasteiger charge is -2.35. The summed E-state index contributed by atoms with van der Waals surface area (Å²) in [5, 5.41) is 0.0718. The number of amides is 1. The van der Waals surface area contributed by atoms with Crippen LogP contribution < -0.4 is 5.73 Å². The van der Waals surface area contributed by atoms with Gasteiger partial charge in [0.1, 0.15) is 5.82 Å². The third-order valence-electron chi connectivity index (χ3n) is 6.06. The number of alkyl halides is 3. The molecule has 1 aliphatic heterocycles. The number of nitrogens with two attached hydrogens (primary N) is 1. The van der Waals surface area contributed by atoms with Gasteiger partial charge in [-0.15, -0.1) is 0 Å². The summed E-state index contributed by atoms with van der Waals surface area (Å²) in [6.45, 7) is 3.70. The van der Waals surface area contributed by atoms with Crippen LogP contribution in [-0.2, 0) is 19.3 Å². The number of piperazine rings is 1. The molecule has 2 aliphatic rings. The number of carbonyl (C=O) groups is 1. The molecule has 2 fully saturated rings. The van der Waals surface area contributed by atoms with Crippen LogP contribution in [0.3, 0.4) is 0 Å². The molecule has 1 aliphatic carbocycles. The Morgan fingerprint density at radius 1 is 1.00 bits per heavy atom. The van der Waals surface area contributed by atoms with Crippen LogP contribution in [0.25, 0.3) is 0 Å². The highest BCUT2D eigenvalue weighted by atomic mass is 35.5. The minimum Gasteiger partial charge on any atom is -0.366 e. The summed E-state index contributed by atoms with van der Waals surface area (Å²) in [5.74, 6) is -1.02. The number of hydrogen-bond donors (Lipinski definition) is 1. The number of rotatable bonds is 6. The van der Waals surface area contributed by atoms with E-state index in [0.717, 1.165) is 36.1 Å². The molecule has 4 nitrogen and oxygen atoms in total. The van der Waals surface area contributed by atoms with E-state index in [2.05, 4.69) is 9.80 Å². The second-order valence-electron chi connectivity index (χ2n) is 8.57. The van der Waals surface area contributed by atoms with E-state index in [1.165, 1.54) is 6.07 Å². The first-order valence-corrected chi connectivity index (χ1v) is 10.9. The van der Waals surface area contributed by atoms with E-state index in [9.17, 15) is 22.4 Å². The summed E-state index contributed by atoms with van der Waals surface area (Å²) in [5.41, 5.74) is 6.86. The Morgan fingerprint density at radius 3 is 2.19 bits per heavy atom. The van der Waals surface area contributed by atoms with Gasteiger partial charge in [-0.3, -0.25) is 14.6 Å². The second kappa shape index (κ2) is 9.00. The average Bonchev–Trinajstić information content (AvgIpc) is 3.53. The van der Waals surface area contributed by atoms with Gasteiger partial charge in [-0.25, -0.2) is 4.39 Å². The topological polar surface area (TPSA) is 49.6 Å². The van der Waals surface area contributed by atoms with E-state index >= 15 is 0 Å². The number of primary amides is 1. The number of nitrogens with zero attached hydrogens (tertiary/aromatic N) is 2. The van der Waals surface area contributed by atoms with E-state index in [1.54, 1.807) is 12.1 Å². The Bertz CT molecular complexity index is 1020. The Hall–Kier alpha value is -2.16. The molecule has 0 radical (unpaired) electrons. The van der Waals surface area contributed by atoms with Crippen molar-refractivity contribution in [2.24, 2.45) is 5.73 Å². The largest absolute Gasteiger partial charge is 0.416 e. The van der Waals surface area contributed by atoms with E-state index < -0.39 is 23.5 Å². The summed E-state index contributed by atoms with van der Waals surface area (Å²) in [7, 11) is 0. The first kappa shape index (κ1) is 23.0. The van der Waals surface area contributed by atoms with Crippen molar-refractivity contribution in [1.29, 1.82) is 0 Å². The number of benzene rings is 2. The van der Waals surface area contributed by atoms with Crippen molar-refractivity contribution in [3.05, 3.63) is 69.0 Å². The van der Waals surface area contributed by atoms with Gasteiger partial charge in [-0.2, -0.15) is 13.2 Å². The molecule has 0 bridgehead atoms. The average molecular weight is 470 g/mol. The van der Waals surface area contributed by atoms with E-state index in [-0.39, 0.29) is 10.6 Å². The summed E-state index contributed by atoms with van der Waals surface area (Å²) in [4.78, 5) is 15.8. The monoisotopic (exact) mass is 469 g/mol. The van der Waals surface area contributed by atoms with Crippen LogP contribution in [-0.4, -0.2) is 41.9 Å². The molecule has 9 heteroatoms. The zero-order valence-corrected chi connectivity index (χ0v) is 18.1. The van der Waals surface area contributed by atoms with Crippen LogP contribution >= 0.6 is 11.6 Å². The van der Waals surface area contributed by atoms with Crippen LogP contribution in [0.1, 0.15) is 51.4 Å². The maximum absolute atomic E-state index is 14.4. The van der Waals surface area contributed by atoms with Gasteiger partial charge in [-0.05, 0) is 65.8 Å². The fourth-order valence-corrected chi connectivity index (χ4v) is 4.50. The second-order valence-corrected chi connectivity index (χ2v) is 9.00. The Morgan fingerprint density at radius 2 is 1.62 bits per heavy atom. The molecule has 0 spiro atoms. The minimum absolute atomic E-state index is 0.0692. The normalized spacial score (nSPS) is 18.2. The van der Waals surface area contributed by atoms with Crippen LogP contribution in [0, 0.1) is 5.82 Å². The molecule has 2 aromatic carbocycles. The molecule has 2 N–H and O–H groups in total. The number of halogens is 5. The number of carbonyl (C=O) groups excluding carboxylic acids is 1. The van der Waals surface area contributed by atoms with Crippen molar-refractivity contribution in [2.75, 3.05) is 26.2 Å². The quantitative estimate of drug-likeness (QED) is 0.619. The lowest BCUT2D eigenvalue weighted by atomic mass is 9.98. The summed E-state index contributed by atoms with van der Waals surface area (Å²) in [6.07, 6.45) is -2.40. The molecule has 1 saturated heterocycles. The molecular formula is C23H24ClF4N3O. The molecule has 4 rings (SSSR count). The SMILES string of the molecule is NC(=O)c1cc(C2CC2)c(CN2CCN(Cc3cc(Cl)cc(C(F)(F)F)c3)CC2)cc1F. The van der Waals surface area contributed by atoms with Crippen molar-refractivity contribution < 1.29 is 22.4 Å². The van der Waals surface area contributed by atoms with E-state index in [1.807, 2.05) is 0 Å². The molecule has 1 heterocycles. The summed E-state index contributed by atoms with van der Waals surface area (Å²) in [6, 6.07) is 6.66. The minimum atomic E-state index is -4.43. The lowest BCUT2D eigenvalue weighted by Crippen LogP contribution is -2.45. The Labute approximate surface area is 188 Å². The third kappa shape index (κ3) is 5.42. The third-order valence-corrected chi connectivity index (χ3v) is 6.28. The Balaban J connectivity index is 1.39. The molecule has 172 valence electrons. The molecule has 1 amide bonds. The lowest BCUT2D eigenvalue weighted by molar-refractivity contribution is -0.137. The van der Waals surface area contributed by atoms with Crippen molar-refractivity contribution >= 4 is 17.5 Å². The molecule has 1 saturated carbocycles. The van der Waals surface area contributed by atoms with Crippen molar-refractivity contribution in [3.8, 4) is 0 Å². The van der Waals surface area contributed by atoms with Gasteiger partial charge in [0.25, 0.3) is 5.91 Å². The van der Waals surface area contributed by atoms with Gasteiger partial charge in [0.05, 0.1) is 11.1 Å². The molecule has 2 aromatic rings. The van der Waals surface area contributed by atoms with E-state index in [4.69, 9.17) is 17.3 Å².